The minimum atomic E-state index is -2.51. The minimum Gasteiger partial charge on any atom is -0.768 e. The van der Waals surface area contributed by atoms with E-state index in [1.807, 2.05) is 0 Å². The van der Waals surface area contributed by atoms with Crippen LogP contribution in [-0.4, -0.2) is 37.2 Å². The zero-order valence-electron chi connectivity index (χ0n) is 8.99. The van der Waals surface area contributed by atoms with Gasteiger partial charge in [0.05, 0.1) is 17.6 Å². The number of nitro benzene ring substituents is 1. The van der Waals surface area contributed by atoms with Gasteiger partial charge in [-0.25, -0.2) is 0 Å². The Bertz CT molecular complexity index is 522. The first-order valence-corrected chi connectivity index (χ1v) is 7.01. The van der Waals surface area contributed by atoms with Crippen LogP contribution in [0.25, 0.3) is 0 Å². The fourth-order valence-electron chi connectivity index (χ4n) is 1.61. The van der Waals surface area contributed by atoms with Gasteiger partial charge >= 0.3 is 0 Å². The Balaban J connectivity index is 2.53. The monoisotopic (exact) mass is 289 g/mol. The smallest absolute Gasteiger partial charge is 0.294 e. The van der Waals surface area contributed by atoms with Crippen LogP contribution in [0.4, 0.5) is 11.4 Å². The molecular weight excluding hydrogens is 280 g/mol. The van der Waals surface area contributed by atoms with Crippen LogP contribution in [0, 0.1) is 10.1 Å². The molecule has 0 saturated carbocycles. The van der Waals surface area contributed by atoms with Crippen molar-refractivity contribution in [2.24, 2.45) is 0 Å². The Kier molecular flexibility index (Phi) is 3.85. The Morgan fingerprint density at radius 2 is 2.33 bits per heavy atom. The lowest BCUT2D eigenvalue weighted by atomic mass is 10.2. The lowest BCUT2D eigenvalue weighted by Crippen LogP contribution is -2.30. The molecule has 0 radical (unpaired) electrons. The third-order valence-electron chi connectivity index (χ3n) is 2.45. The molecule has 2 N–H and O–H groups in total. The molecule has 0 saturated heterocycles. The summed E-state index contributed by atoms with van der Waals surface area (Å²) in [6.45, 7) is -0.140. The number of rotatable bonds is 3. The van der Waals surface area contributed by atoms with Crippen LogP contribution in [0.2, 0.25) is 0 Å². The molecular formula is C9H9N2O5S2-. The largest absolute Gasteiger partial charge is 0.768 e. The molecule has 2 atom stereocenters. The number of hydrogen-bond donors (Lipinski definition) is 2. The van der Waals surface area contributed by atoms with Crippen molar-refractivity contribution in [3.63, 3.8) is 0 Å². The fourth-order valence-corrected chi connectivity index (χ4v) is 3.19. The third kappa shape index (κ3) is 2.48. The first kappa shape index (κ1) is 13.3. The molecule has 0 fully saturated rings. The molecule has 1 aromatic rings. The van der Waals surface area contributed by atoms with Gasteiger partial charge in [0.1, 0.15) is 5.69 Å². The lowest BCUT2D eigenvalue weighted by Gasteiger charge is -2.25. The molecule has 1 aromatic carbocycles. The second-order valence-corrected chi connectivity index (χ2v) is 5.64. The van der Waals surface area contributed by atoms with Gasteiger partial charge in [0, 0.05) is 21.6 Å². The van der Waals surface area contributed by atoms with Gasteiger partial charge in [0.25, 0.3) is 5.69 Å². The van der Waals surface area contributed by atoms with Gasteiger partial charge in [0.2, 0.25) is 0 Å². The molecule has 1 heterocycles. The van der Waals surface area contributed by atoms with E-state index in [9.17, 15) is 18.9 Å². The fraction of sp³-hybridized carbons (Fsp3) is 0.333. The zero-order chi connectivity index (χ0) is 13.3. The highest BCUT2D eigenvalue weighted by atomic mass is 32.2. The van der Waals surface area contributed by atoms with E-state index >= 15 is 0 Å². The molecule has 2 rings (SSSR count). The van der Waals surface area contributed by atoms with Crippen molar-refractivity contribution >= 4 is 34.2 Å². The number of aliphatic hydroxyl groups is 1. The normalized spacial score (nSPS) is 19.8. The number of benzene rings is 1. The van der Waals surface area contributed by atoms with Crippen molar-refractivity contribution in [1.29, 1.82) is 0 Å². The van der Waals surface area contributed by atoms with Crippen LogP contribution < -0.4 is 5.32 Å². The van der Waals surface area contributed by atoms with E-state index in [1.54, 1.807) is 0 Å². The Hall–Kier alpha value is -1.16. The molecule has 98 valence electrons. The number of fused-ring (bicyclic) bond motifs is 1. The first-order valence-electron chi connectivity index (χ1n) is 4.95. The topological polar surface area (TPSA) is 116 Å². The van der Waals surface area contributed by atoms with E-state index in [0.29, 0.717) is 10.6 Å². The lowest BCUT2D eigenvalue weighted by molar-refractivity contribution is -0.384. The molecule has 1 aliphatic heterocycles. The Morgan fingerprint density at radius 3 is 2.89 bits per heavy atom. The molecule has 0 bridgehead atoms. The molecule has 0 aromatic heterocycles. The predicted molar refractivity (Wildman–Crippen MR) is 65.5 cm³/mol. The van der Waals surface area contributed by atoms with Crippen LogP contribution in [0.5, 0.6) is 0 Å². The van der Waals surface area contributed by atoms with E-state index in [2.05, 4.69) is 5.32 Å². The average Bonchev–Trinajstić information content (AvgIpc) is 2.36. The quantitative estimate of drug-likeness (QED) is 0.478. The third-order valence-corrected chi connectivity index (χ3v) is 4.28. The highest BCUT2D eigenvalue weighted by molar-refractivity contribution is 7.99. The minimum absolute atomic E-state index is 0.114. The van der Waals surface area contributed by atoms with Gasteiger partial charge in [-0.05, 0) is 17.1 Å². The van der Waals surface area contributed by atoms with Gasteiger partial charge in [-0.3, -0.25) is 14.3 Å². The van der Waals surface area contributed by atoms with Gasteiger partial charge in [-0.15, -0.1) is 11.8 Å². The summed E-state index contributed by atoms with van der Waals surface area (Å²) < 4.78 is 21.8. The molecule has 1 aliphatic rings. The van der Waals surface area contributed by atoms with Crippen molar-refractivity contribution in [2.75, 3.05) is 17.7 Å². The Morgan fingerprint density at radius 1 is 1.61 bits per heavy atom. The molecule has 0 amide bonds. The van der Waals surface area contributed by atoms with Crippen LogP contribution in [0.3, 0.4) is 0 Å². The second-order valence-electron chi connectivity index (χ2n) is 3.64. The molecule has 7 nitrogen and oxygen atoms in total. The number of aliphatic hydroxyl groups excluding tert-OH is 1. The highest BCUT2D eigenvalue weighted by Gasteiger charge is 2.26. The number of nitrogens with zero attached hydrogens (tertiary/aromatic N) is 1. The Labute approximate surface area is 109 Å². The van der Waals surface area contributed by atoms with E-state index in [0.717, 1.165) is 6.07 Å². The van der Waals surface area contributed by atoms with Crippen LogP contribution >= 0.6 is 11.8 Å². The van der Waals surface area contributed by atoms with E-state index in [1.165, 1.54) is 17.8 Å². The number of thioether (sulfide) groups is 1. The maximum absolute atomic E-state index is 10.9. The maximum atomic E-state index is 10.9. The van der Waals surface area contributed by atoms with Crippen molar-refractivity contribution in [2.45, 2.75) is 15.8 Å². The van der Waals surface area contributed by atoms with Crippen LogP contribution in [0.1, 0.15) is 0 Å². The number of nitro groups is 1. The summed E-state index contributed by atoms with van der Waals surface area (Å²) in [5.41, 5.74) is -0.0261. The summed E-state index contributed by atoms with van der Waals surface area (Å²) in [5.74, 6) is 0.523. The van der Waals surface area contributed by atoms with E-state index < -0.39 is 16.0 Å². The molecule has 0 spiro atoms. The zero-order valence-corrected chi connectivity index (χ0v) is 10.6. The van der Waals surface area contributed by atoms with Gasteiger partial charge in [0.15, 0.2) is 0 Å². The SMILES string of the molecule is O=[N+]([O-])c1cc(S(=O)[O-])cc2c1NC(CO)CS2. The molecule has 0 aliphatic carbocycles. The summed E-state index contributed by atoms with van der Waals surface area (Å²) in [6, 6.07) is 2.12. The van der Waals surface area contributed by atoms with Gasteiger partial charge < -0.3 is 15.0 Å². The molecule has 18 heavy (non-hydrogen) atoms. The summed E-state index contributed by atoms with van der Waals surface area (Å²) in [4.78, 5) is 10.7. The van der Waals surface area contributed by atoms with Crippen LogP contribution in [0.15, 0.2) is 21.9 Å². The van der Waals surface area contributed by atoms with Gasteiger partial charge in [-0.1, -0.05) is 0 Å². The summed E-state index contributed by atoms with van der Waals surface area (Å²) in [6.07, 6.45) is 0. The second kappa shape index (κ2) is 5.22. The van der Waals surface area contributed by atoms with Crippen molar-refractivity contribution in [3.05, 3.63) is 22.2 Å². The number of hydrogen-bond acceptors (Lipinski definition) is 7. The van der Waals surface area contributed by atoms with E-state index in [-0.39, 0.29) is 28.9 Å². The predicted octanol–water partition coefficient (Wildman–Crippen LogP) is 0.711. The number of anilines is 1. The average molecular weight is 289 g/mol. The summed E-state index contributed by atoms with van der Waals surface area (Å²) in [5, 5.41) is 22.8. The maximum Gasteiger partial charge on any atom is 0.294 e. The van der Waals surface area contributed by atoms with E-state index in [4.69, 9.17) is 5.11 Å². The molecule has 9 heteroatoms. The molecule has 2 unspecified atom stereocenters. The van der Waals surface area contributed by atoms with Crippen molar-refractivity contribution in [1.82, 2.24) is 0 Å². The van der Waals surface area contributed by atoms with Crippen molar-refractivity contribution in [3.8, 4) is 0 Å². The standard InChI is InChI=1S/C9H10N2O5S2/c12-3-5-4-17-8-2-6(18(15)16)1-7(11(13)14)9(8)10-5/h1-2,5,10,12H,3-4H2,(H,15,16)/p-1. The number of nitrogens with one attached hydrogen (secondary N) is 1. The highest BCUT2D eigenvalue weighted by Crippen LogP contribution is 2.41. The van der Waals surface area contributed by atoms with Gasteiger partial charge in [-0.2, -0.15) is 0 Å². The summed E-state index contributed by atoms with van der Waals surface area (Å²) >= 11 is -1.23. The first-order chi connectivity index (χ1) is 8.52. The summed E-state index contributed by atoms with van der Waals surface area (Å²) in [7, 11) is 0. The van der Waals surface area contributed by atoms with Crippen molar-refractivity contribution < 1.29 is 18.8 Å². The van der Waals surface area contributed by atoms with Crippen LogP contribution in [-0.2, 0) is 11.1 Å².